The lowest BCUT2D eigenvalue weighted by Crippen LogP contribution is -2.34. The quantitative estimate of drug-likeness (QED) is 0.750. The van der Waals surface area contributed by atoms with E-state index in [1.54, 1.807) is 24.3 Å². The Bertz CT molecular complexity index is 407. The number of aromatic hydroxyl groups is 1. The Labute approximate surface area is 95.5 Å². The summed E-state index contributed by atoms with van der Waals surface area (Å²) in [4.78, 5) is 11.6. The average Bonchev–Trinajstić information content (AvgIpc) is 2.26. The molecule has 0 bridgehead atoms. The van der Waals surface area contributed by atoms with E-state index in [9.17, 15) is 9.90 Å². The van der Waals surface area contributed by atoms with Crippen LogP contribution in [0.2, 0.25) is 0 Å². The highest BCUT2D eigenvalue weighted by atomic mass is 16.3. The maximum atomic E-state index is 11.6. The van der Waals surface area contributed by atoms with Gasteiger partial charge in [0, 0.05) is 0 Å². The number of carbonyl (C=O) groups is 1. The third-order valence-corrected chi connectivity index (χ3v) is 2.22. The number of terminal acetylenes is 1. The molecule has 1 rings (SSSR count). The molecular weight excluding hydrogens is 202 g/mol. The first-order valence-corrected chi connectivity index (χ1v) is 5.19. The van der Waals surface area contributed by atoms with E-state index in [4.69, 9.17) is 6.42 Å². The van der Waals surface area contributed by atoms with Gasteiger partial charge in [0.25, 0.3) is 0 Å². The van der Waals surface area contributed by atoms with Crippen LogP contribution >= 0.6 is 0 Å². The van der Waals surface area contributed by atoms with Gasteiger partial charge in [-0.3, -0.25) is 4.79 Å². The van der Waals surface area contributed by atoms with Gasteiger partial charge >= 0.3 is 0 Å². The summed E-state index contributed by atoms with van der Waals surface area (Å²) in [6.45, 7) is 1.92. The number of hydrogen-bond donors (Lipinski definition) is 2. The Hall–Kier alpha value is -1.95. The van der Waals surface area contributed by atoms with Gasteiger partial charge < -0.3 is 10.4 Å². The lowest BCUT2D eigenvalue weighted by Gasteiger charge is -2.10. The molecule has 0 saturated carbocycles. The molecule has 16 heavy (non-hydrogen) atoms. The Morgan fingerprint density at radius 2 is 2.38 bits per heavy atom. The zero-order valence-corrected chi connectivity index (χ0v) is 9.23. The van der Waals surface area contributed by atoms with Crippen LogP contribution in [0.5, 0.6) is 5.75 Å². The van der Waals surface area contributed by atoms with E-state index in [0.717, 1.165) is 5.56 Å². The van der Waals surface area contributed by atoms with Crippen LogP contribution < -0.4 is 5.32 Å². The fourth-order valence-corrected chi connectivity index (χ4v) is 1.36. The zero-order valence-electron chi connectivity index (χ0n) is 9.23. The lowest BCUT2D eigenvalue weighted by molar-refractivity contribution is -0.120. The first-order chi connectivity index (χ1) is 7.65. The normalized spacial score (nSPS) is 11.5. The molecule has 0 aliphatic rings. The smallest absolute Gasteiger partial charge is 0.225 e. The van der Waals surface area contributed by atoms with Crippen molar-refractivity contribution in [1.29, 1.82) is 0 Å². The monoisotopic (exact) mass is 217 g/mol. The van der Waals surface area contributed by atoms with Crippen LogP contribution in [0.25, 0.3) is 0 Å². The van der Waals surface area contributed by atoms with E-state index in [1.165, 1.54) is 0 Å². The predicted molar refractivity (Wildman–Crippen MR) is 62.9 cm³/mol. The van der Waals surface area contributed by atoms with Crippen LogP contribution in [0.4, 0.5) is 0 Å². The summed E-state index contributed by atoms with van der Waals surface area (Å²) in [5.74, 6) is 2.53. The van der Waals surface area contributed by atoms with Crippen molar-refractivity contribution in [1.82, 2.24) is 5.32 Å². The van der Waals surface area contributed by atoms with Crippen LogP contribution in [0.1, 0.15) is 18.9 Å². The molecule has 0 aliphatic carbocycles. The minimum absolute atomic E-state index is 0.129. The van der Waals surface area contributed by atoms with Gasteiger partial charge in [0.15, 0.2) is 0 Å². The molecule has 0 aromatic heterocycles. The van der Waals surface area contributed by atoms with Crippen LogP contribution in [-0.4, -0.2) is 17.1 Å². The minimum atomic E-state index is -0.218. The molecule has 1 atom stereocenters. The number of phenolic OH excluding ortho intramolecular Hbond substituents is 1. The number of carbonyl (C=O) groups excluding carboxylic acids is 1. The van der Waals surface area contributed by atoms with Gasteiger partial charge in [-0.1, -0.05) is 25.0 Å². The van der Waals surface area contributed by atoms with Gasteiger partial charge in [0.1, 0.15) is 5.75 Å². The fourth-order valence-electron chi connectivity index (χ4n) is 1.36. The molecule has 0 spiro atoms. The molecule has 0 heterocycles. The summed E-state index contributed by atoms with van der Waals surface area (Å²) in [7, 11) is 0. The molecule has 84 valence electrons. The van der Waals surface area contributed by atoms with Crippen molar-refractivity contribution >= 4 is 5.91 Å². The van der Waals surface area contributed by atoms with Crippen molar-refractivity contribution in [3.8, 4) is 18.1 Å². The second-order valence-corrected chi connectivity index (χ2v) is 3.54. The second-order valence-electron chi connectivity index (χ2n) is 3.54. The minimum Gasteiger partial charge on any atom is -0.508 e. The molecule has 3 heteroatoms. The number of nitrogens with one attached hydrogen (secondary N) is 1. The van der Waals surface area contributed by atoms with Crippen molar-refractivity contribution in [2.75, 3.05) is 0 Å². The Morgan fingerprint density at radius 3 is 2.94 bits per heavy atom. The molecule has 0 aliphatic heterocycles. The van der Waals surface area contributed by atoms with Crippen LogP contribution in [0.15, 0.2) is 24.3 Å². The van der Waals surface area contributed by atoms with E-state index in [2.05, 4.69) is 11.2 Å². The molecular formula is C13H15NO2. The molecule has 0 saturated heterocycles. The van der Waals surface area contributed by atoms with Crippen LogP contribution in [0, 0.1) is 12.3 Å². The fraction of sp³-hybridized carbons (Fsp3) is 0.308. The van der Waals surface area contributed by atoms with E-state index >= 15 is 0 Å². The zero-order chi connectivity index (χ0) is 12.0. The maximum absolute atomic E-state index is 11.6. The molecule has 0 fully saturated rings. The van der Waals surface area contributed by atoms with Gasteiger partial charge in [0.05, 0.1) is 12.5 Å². The highest BCUT2D eigenvalue weighted by molar-refractivity contribution is 5.79. The maximum Gasteiger partial charge on any atom is 0.225 e. The first-order valence-electron chi connectivity index (χ1n) is 5.19. The summed E-state index contributed by atoms with van der Waals surface area (Å²) in [6, 6.07) is 6.41. The number of benzene rings is 1. The van der Waals surface area contributed by atoms with E-state index in [1.807, 2.05) is 6.92 Å². The lowest BCUT2D eigenvalue weighted by atomic mass is 10.1. The van der Waals surface area contributed by atoms with Crippen LogP contribution in [0.3, 0.4) is 0 Å². The second kappa shape index (κ2) is 5.82. The summed E-state index contributed by atoms with van der Waals surface area (Å²) in [6.07, 6.45) is 6.18. The Balaban J connectivity index is 2.55. The third-order valence-electron chi connectivity index (χ3n) is 2.22. The molecule has 1 unspecified atom stereocenters. The van der Waals surface area contributed by atoms with Crippen molar-refractivity contribution in [2.45, 2.75) is 25.8 Å². The number of phenols is 1. The first kappa shape index (κ1) is 12.1. The van der Waals surface area contributed by atoms with Crippen molar-refractivity contribution < 1.29 is 9.90 Å². The highest BCUT2D eigenvalue weighted by Gasteiger charge is 2.08. The molecule has 0 radical (unpaired) electrons. The third kappa shape index (κ3) is 3.66. The summed E-state index contributed by atoms with van der Waals surface area (Å²) < 4.78 is 0. The molecule has 1 amide bonds. The number of hydrogen-bond acceptors (Lipinski definition) is 2. The van der Waals surface area contributed by atoms with Gasteiger partial charge in [-0.25, -0.2) is 0 Å². The number of rotatable bonds is 4. The topological polar surface area (TPSA) is 49.3 Å². The SMILES string of the molecule is C#CC(CC)NC(=O)Cc1cccc(O)c1. The van der Waals surface area contributed by atoms with E-state index < -0.39 is 0 Å². The molecule has 1 aromatic rings. The summed E-state index contributed by atoms with van der Waals surface area (Å²) >= 11 is 0. The average molecular weight is 217 g/mol. The van der Waals surface area contributed by atoms with Gasteiger partial charge in [-0.05, 0) is 24.1 Å². The number of amides is 1. The van der Waals surface area contributed by atoms with Gasteiger partial charge in [-0.15, -0.1) is 6.42 Å². The molecule has 2 N–H and O–H groups in total. The van der Waals surface area contributed by atoms with Crippen molar-refractivity contribution in [2.24, 2.45) is 0 Å². The van der Waals surface area contributed by atoms with Gasteiger partial charge in [-0.2, -0.15) is 0 Å². The van der Waals surface area contributed by atoms with Crippen LogP contribution in [-0.2, 0) is 11.2 Å². The molecule has 3 nitrogen and oxygen atoms in total. The Morgan fingerprint density at radius 1 is 1.62 bits per heavy atom. The summed E-state index contributed by atoms with van der Waals surface area (Å²) in [5.41, 5.74) is 0.768. The van der Waals surface area contributed by atoms with Crippen molar-refractivity contribution in [3.05, 3.63) is 29.8 Å². The molecule has 1 aromatic carbocycles. The van der Waals surface area contributed by atoms with Gasteiger partial charge in [0.2, 0.25) is 5.91 Å². The highest BCUT2D eigenvalue weighted by Crippen LogP contribution is 2.11. The van der Waals surface area contributed by atoms with E-state index in [0.29, 0.717) is 6.42 Å². The largest absolute Gasteiger partial charge is 0.508 e. The standard InChI is InChI=1S/C13H15NO2/c1-3-11(4-2)14-13(16)9-10-6-5-7-12(15)8-10/h1,5-8,11,15H,4,9H2,2H3,(H,14,16). The predicted octanol–water partition coefficient (Wildman–Crippen LogP) is 1.46. The Kier molecular flexibility index (Phi) is 4.41. The van der Waals surface area contributed by atoms with Crippen molar-refractivity contribution in [3.63, 3.8) is 0 Å². The van der Waals surface area contributed by atoms with E-state index in [-0.39, 0.29) is 24.1 Å². The summed E-state index contributed by atoms with van der Waals surface area (Å²) in [5, 5.41) is 12.0.